The van der Waals surface area contributed by atoms with Crippen molar-refractivity contribution in [3.63, 3.8) is 0 Å². The highest BCUT2D eigenvalue weighted by Gasteiger charge is 2.20. The second kappa shape index (κ2) is 4.56. The molecule has 0 spiro atoms. The fraction of sp³-hybridized carbons (Fsp3) is 0.273. The minimum Gasteiger partial charge on any atom is -0.398 e. The molecule has 0 aromatic heterocycles. The van der Waals surface area contributed by atoms with Crippen molar-refractivity contribution >= 4 is 15.7 Å². The summed E-state index contributed by atoms with van der Waals surface area (Å²) in [6.45, 7) is 3.50. The molecule has 3 N–H and O–H groups in total. The Morgan fingerprint density at radius 3 is 2.62 bits per heavy atom. The maximum atomic E-state index is 11.9. The quantitative estimate of drug-likeness (QED) is 0.604. The Hall–Kier alpha value is -1.51. The molecule has 0 heterocycles. The fourth-order valence-corrected chi connectivity index (χ4v) is 2.74. The molecule has 5 heteroatoms. The maximum Gasteiger partial charge on any atom is 0.243 e. The van der Waals surface area contributed by atoms with Crippen LogP contribution in [0, 0.1) is 26.2 Å². The van der Waals surface area contributed by atoms with E-state index in [4.69, 9.17) is 12.2 Å². The molecule has 0 aliphatic carbocycles. The van der Waals surface area contributed by atoms with Gasteiger partial charge in [0.2, 0.25) is 10.0 Å². The number of hydrogen-bond donors (Lipinski definition) is 2. The second-order valence-corrected chi connectivity index (χ2v) is 5.16. The Balaban J connectivity index is 3.34. The van der Waals surface area contributed by atoms with Crippen molar-refractivity contribution in [3.8, 4) is 12.3 Å². The van der Waals surface area contributed by atoms with Gasteiger partial charge in [-0.2, -0.15) is 4.72 Å². The lowest BCUT2D eigenvalue weighted by Crippen LogP contribution is -2.25. The summed E-state index contributed by atoms with van der Waals surface area (Å²) in [5.74, 6) is 2.22. The zero-order chi connectivity index (χ0) is 12.3. The van der Waals surface area contributed by atoms with Crippen molar-refractivity contribution in [1.82, 2.24) is 4.72 Å². The van der Waals surface area contributed by atoms with Crippen LogP contribution in [0.2, 0.25) is 0 Å². The van der Waals surface area contributed by atoms with E-state index < -0.39 is 10.0 Å². The van der Waals surface area contributed by atoms with E-state index >= 15 is 0 Å². The molecule has 0 saturated heterocycles. The molecule has 86 valence electrons. The van der Waals surface area contributed by atoms with Gasteiger partial charge in [-0.15, -0.1) is 6.42 Å². The summed E-state index contributed by atoms with van der Waals surface area (Å²) in [6.07, 6.45) is 5.01. The van der Waals surface area contributed by atoms with E-state index in [1.165, 1.54) is 0 Å². The van der Waals surface area contributed by atoms with E-state index in [1.807, 2.05) is 6.92 Å². The molecule has 0 aliphatic heterocycles. The standard InChI is InChI=1S/C11H14N2O2S/c1-4-7-13-16(14,15)11-9(3)8(2)5-6-10(11)12/h1,5-6,13H,7,12H2,2-3H3. The molecule has 16 heavy (non-hydrogen) atoms. The number of sulfonamides is 1. The van der Waals surface area contributed by atoms with Crippen LogP contribution in [0.3, 0.4) is 0 Å². The molecule has 0 fully saturated rings. The number of terminal acetylenes is 1. The maximum absolute atomic E-state index is 11.9. The molecule has 0 aliphatic rings. The van der Waals surface area contributed by atoms with Crippen molar-refractivity contribution in [2.75, 3.05) is 12.3 Å². The number of nitrogens with two attached hydrogens (primary N) is 1. The minimum atomic E-state index is -3.62. The first kappa shape index (κ1) is 12.6. The number of nitrogen functional groups attached to an aromatic ring is 1. The first-order valence-electron chi connectivity index (χ1n) is 4.69. The first-order valence-corrected chi connectivity index (χ1v) is 6.17. The van der Waals surface area contributed by atoms with Crippen molar-refractivity contribution in [2.45, 2.75) is 18.7 Å². The van der Waals surface area contributed by atoms with E-state index in [9.17, 15) is 8.42 Å². The van der Waals surface area contributed by atoms with Gasteiger partial charge in [0.15, 0.2) is 0 Å². The van der Waals surface area contributed by atoms with Gasteiger partial charge >= 0.3 is 0 Å². The first-order chi connectivity index (χ1) is 7.40. The highest BCUT2D eigenvalue weighted by Crippen LogP contribution is 2.24. The summed E-state index contributed by atoms with van der Waals surface area (Å²) in [5.41, 5.74) is 7.42. The summed E-state index contributed by atoms with van der Waals surface area (Å²) in [4.78, 5) is 0.114. The van der Waals surface area contributed by atoms with Gasteiger partial charge < -0.3 is 5.73 Å². The predicted molar refractivity (Wildman–Crippen MR) is 64.3 cm³/mol. The second-order valence-electron chi connectivity index (χ2n) is 3.45. The molecule has 1 rings (SSSR count). The summed E-state index contributed by atoms with van der Waals surface area (Å²) in [5, 5.41) is 0. The molecule has 0 saturated carbocycles. The van der Waals surface area contributed by atoms with E-state index in [2.05, 4.69) is 10.6 Å². The van der Waals surface area contributed by atoms with Gasteiger partial charge in [-0.05, 0) is 31.0 Å². The van der Waals surface area contributed by atoms with Crippen LogP contribution in [-0.2, 0) is 10.0 Å². The van der Waals surface area contributed by atoms with Gasteiger partial charge in [0.05, 0.1) is 12.2 Å². The van der Waals surface area contributed by atoms with E-state index in [0.717, 1.165) is 5.56 Å². The van der Waals surface area contributed by atoms with Crippen molar-refractivity contribution < 1.29 is 8.42 Å². The summed E-state index contributed by atoms with van der Waals surface area (Å²) >= 11 is 0. The van der Waals surface area contributed by atoms with Gasteiger partial charge in [0.1, 0.15) is 4.90 Å². The zero-order valence-electron chi connectivity index (χ0n) is 9.24. The third-order valence-corrected chi connectivity index (χ3v) is 3.94. The average molecular weight is 238 g/mol. The van der Waals surface area contributed by atoms with Crippen LogP contribution < -0.4 is 10.5 Å². The van der Waals surface area contributed by atoms with Crippen LogP contribution in [0.1, 0.15) is 11.1 Å². The van der Waals surface area contributed by atoms with E-state index in [0.29, 0.717) is 5.56 Å². The third-order valence-electron chi connectivity index (χ3n) is 2.34. The fourth-order valence-electron chi connectivity index (χ4n) is 1.38. The Kier molecular flexibility index (Phi) is 3.58. The van der Waals surface area contributed by atoms with Crippen LogP contribution in [0.25, 0.3) is 0 Å². The average Bonchev–Trinajstić information content (AvgIpc) is 2.21. The van der Waals surface area contributed by atoms with Crippen LogP contribution >= 0.6 is 0 Å². The molecule has 0 unspecified atom stereocenters. The number of anilines is 1. The molecular formula is C11H14N2O2S. The monoisotopic (exact) mass is 238 g/mol. The molecule has 0 radical (unpaired) electrons. The molecule has 0 atom stereocenters. The lowest BCUT2D eigenvalue weighted by atomic mass is 10.1. The number of rotatable bonds is 3. The van der Waals surface area contributed by atoms with Crippen LogP contribution in [0.5, 0.6) is 0 Å². The smallest absolute Gasteiger partial charge is 0.243 e. The summed E-state index contributed by atoms with van der Waals surface area (Å²) < 4.78 is 26.1. The number of hydrogen-bond acceptors (Lipinski definition) is 3. The Labute approximate surface area is 95.9 Å². The normalized spacial score (nSPS) is 11.1. The van der Waals surface area contributed by atoms with Gasteiger partial charge in [0, 0.05) is 0 Å². The minimum absolute atomic E-state index is 0.0465. The topological polar surface area (TPSA) is 72.2 Å². The number of benzene rings is 1. The van der Waals surface area contributed by atoms with Gasteiger partial charge in [-0.3, -0.25) is 0 Å². The van der Waals surface area contributed by atoms with Gasteiger partial charge in [0.25, 0.3) is 0 Å². The van der Waals surface area contributed by atoms with E-state index in [-0.39, 0.29) is 17.1 Å². The Bertz CT molecular complexity index is 542. The lowest BCUT2D eigenvalue weighted by Gasteiger charge is -2.12. The molecule has 4 nitrogen and oxygen atoms in total. The van der Waals surface area contributed by atoms with Crippen LogP contribution in [0.15, 0.2) is 17.0 Å². The van der Waals surface area contributed by atoms with E-state index in [1.54, 1.807) is 19.1 Å². The van der Waals surface area contributed by atoms with Crippen molar-refractivity contribution in [3.05, 3.63) is 23.3 Å². The SMILES string of the molecule is C#CCNS(=O)(=O)c1c(N)ccc(C)c1C. The molecule has 0 bridgehead atoms. The summed E-state index contributed by atoms with van der Waals surface area (Å²) in [7, 11) is -3.62. The predicted octanol–water partition coefficient (Wildman–Crippen LogP) is 0.797. The molecule has 1 aromatic carbocycles. The van der Waals surface area contributed by atoms with Gasteiger partial charge in [-0.1, -0.05) is 12.0 Å². The van der Waals surface area contributed by atoms with Crippen LogP contribution in [-0.4, -0.2) is 15.0 Å². The molecule has 0 amide bonds. The largest absolute Gasteiger partial charge is 0.398 e. The molecular weight excluding hydrogens is 224 g/mol. The van der Waals surface area contributed by atoms with Crippen molar-refractivity contribution in [1.29, 1.82) is 0 Å². The highest BCUT2D eigenvalue weighted by atomic mass is 32.2. The lowest BCUT2D eigenvalue weighted by molar-refractivity contribution is 0.586. The Morgan fingerprint density at radius 2 is 2.06 bits per heavy atom. The van der Waals surface area contributed by atoms with Crippen molar-refractivity contribution in [2.24, 2.45) is 0 Å². The van der Waals surface area contributed by atoms with Gasteiger partial charge in [-0.25, -0.2) is 8.42 Å². The number of nitrogens with one attached hydrogen (secondary N) is 1. The number of aryl methyl sites for hydroxylation is 1. The highest BCUT2D eigenvalue weighted by molar-refractivity contribution is 7.89. The summed E-state index contributed by atoms with van der Waals surface area (Å²) in [6, 6.07) is 3.36. The molecule has 1 aromatic rings. The third kappa shape index (κ3) is 2.35. The van der Waals surface area contributed by atoms with Crippen LogP contribution in [0.4, 0.5) is 5.69 Å². The zero-order valence-corrected chi connectivity index (χ0v) is 10.1. The Morgan fingerprint density at radius 1 is 1.44 bits per heavy atom.